The Morgan fingerprint density at radius 1 is 1.03 bits per heavy atom. The van der Waals surface area contributed by atoms with Crippen LogP contribution in [0.2, 0.25) is 0 Å². The summed E-state index contributed by atoms with van der Waals surface area (Å²) in [6.07, 6.45) is 1.98. The van der Waals surface area contributed by atoms with E-state index in [1.54, 1.807) is 17.0 Å². The molecule has 0 aliphatic carbocycles. The van der Waals surface area contributed by atoms with Crippen LogP contribution in [0, 0.1) is 19.7 Å². The van der Waals surface area contributed by atoms with Gasteiger partial charge in [-0.1, -0.05) is 12.1 Å². The molecule has 188 valence electrons. The monoisotopic (exact) mass is 505 g/mol. The summed E-state index contributed by atoms with van der Waals surface area (Å²) in [5.74, 6) is 0.487. The van der Waals surface area contributed by atoms with Crippen LogP contribution in [0.1, 0.15) is 50.2 Å². The minimum atomic E-state index is -0.257. The number of amidine groups is 1. The maximum Gasteiger partial charge on any atom is 0.266 e. The second-order valence-corrected chi connectivity index (χ2v) is 10.5. The van der Waals surface area contributed by atoms with Crippen molar-refractivity contribution in [1.82, 2.24) is 9.47 Å². The lowest BCUT2D eigenvalue weighted by Gasteiger charge is -2.20. The van der Waals surface area contributed by atoms with E-state index in [2.05, 4.69) is 29.5 Å². The topological polar surface area (TPSA) is 46.8 Å². The number of rotatable bonds is 7. The smallest absolute Gasteiger partial charge is 0.266 e. The highest BCUT2D eigenvalue weighted by molar-refractivity contribution is 8.18. The zero-order valence-corrected chi connectivity index (χ0v) is 22.4. The third-order valence-electron chi connectivity index (χ3n) is 5.89. The highest BCUT2D eigenvalue weighted by atomic mass is 32.2. The molecule has 4 rings (SSSR count). The van der Waals surface area contributed by atoms with Gasteiger partial charge in [0, 0.05) is 29.2 Å². The Kier molecular flexibility index (Phi) is 7.69. The molecule has 2 aromatic carbocycles. The zero-order valence-electron chi connectivity index (χ0n) is 21.6. The van der Waals surface area contributed by atoms with Crippen LogP contribution in [0.3, 0.4) is 0 Å². The number of carbonyl (C=O) groups excluding carboxylic acids is 1. The predicted molar refractivity (Wildman–Crippen MR) is 146 cm³/mol. The summed E-state index contributed by atoms with van der Waals surface area (Å²) in [5, 5.41) is 0.765. The Morgan fingerprint density at radius 2 is 1.69 bits per heavy atom. The van der Waals surface area contributed by atoms with Gasteiger partial charge >= 0.3 is 0 Å². The Hall–Kier alpha value is -3.32. The molecule has 1 aliphatic rings. The van der Waals surface area contributed by atoms with Crippen molar-refractivity contribution < 1.29 is 13.9 Å². The number of nitrogens with zero attached hydrogens (tertiary/aromatic N) is 3. The van der Waals surface area contributed by atoms with Gasteiger partial charge in [-0.25, -0.2) is 4.39 Å². The van der Waals surface area contributed by atoms with Crippen LogP contribution in [0.25, 0.3) is 11.8 Å². The zero-order chi connectivity index (χ0) is 26.0. The van der Waals surface area contributed by atoms with Crippen LogP contribution >= 0.6 is 11.8 Å². The fraction of sp³-hybridized carbons (Fsp3) is 0.310. The molecule has 0 atom stereocenters. The number of aliphatic imine (C=N–C) groups is 1. The van der Waals surface area contributed by atoms with Gasteiger partial charge in [0.25, 0.3) is 5.91 Å². The van der Waals surface area contributed by atoms with E-state index in [1.165, 1.54) is 23.9 Å². The SMILES string of the molecule is Cc1cc(/C=C2/SC(=NC(C)C)N(C(C)C)C2=O)c(C)n1-c1ccc(OCc2ccc(F)cc2)cc1. The van der Waals surface area contributed by atoms with Crippen LogP contribution < -0.4 is 4.74 Å². The Labute approximate surface area is 216 Å². The maximum absolute atomic E-state index is 13.2. The number of aromatic nitrogens is 1. The number of amides is 1. The molecule has 1 aliphatic heterocycles. The van der Waals surface area contributed by atoms with Crippen molar-refractivity contribution in [2.45, 2.75) is 60.2 Å². The average molecular weight is 506 g/mol. The molecule has 7 heteroatoms. The molecule has 1 saturated heterocycles. The molecule has 1 amide bonds. The quantitative estimate of drug-likeness (QED) is 0.328. The van der Waals surface area contributed by atoms with Crippen molar-refractivity contribution in [2.24, 2.45) is 4.99 Å². The minimum Gasteiger partial charge on any atom is -0.489 e. The molecular weight excluding hydrogens is 473 g/mol. The van der Waals surface area contributed by atoms with Crippen LogP contribution in [0.5, 0.6) is 5.75 Å². The van der Waals surface area contributed by atoms with Crippen molar-refractivity contribution >= 4 is 28.9 Å². The normalized spacial score (nSPS) is 16.2. The first kappa shape index (κ1) is 25.8. The number of thioether (sulfide) groups is 1. The fourth-order valence-electron chi connectivity index (χ4n) is 4.16. The van der Waals surface area contributed by atoms with Crippen molar-refractivity contribution in [3.63, 3.8) is 0 Å². The first-order valence-corrected chi connectivity index (χ1v) is 12.9. The molecule has 3 aromatic rings. The summed E-state index contributed by atoms with van der Waals surface area (Å²) in [6, 6.07) is 16.5. The first-order valence-electron chi connectivity index (χ1n) is 12.1. The van der Waals surface area contributed by atoms with Gasteiger partial charge < -0.3 is 9.30 Å². The highest BCUT2D eigenvalue weighted by Gasteiger charge is 2.35. The standard InChI is InChI=1S/C29H32FN3O2S/c1-18(2)31-29-32(19(3)4)28(34)27(36-29)16-23-15-20(5)33(21(23)6)25-11-13-26(14-12-25)35-17-22-7-9-24(30)10-8-22/h7-16,18-19H,17H2,1-6H3/b27-16+,31-29?. The van der Waals surface area contributed by atoms with Crippen molar-refractivity contribution in [3.8, 4) is 11.4 Å². The Balaban J connectivity index is 1.55. The summed E-state index contributed by atoms with van der Waals surface area (Å²) >= 11 is 1.45. The molecule has 1 aromatic heterocycles. The molecule has 5 nitrogen and oxygen atoms in total. The Bertz CT molecular complexity index is 1310. The van der Waals surface area contributed by atoms with Gasteiger partial charge in [-0.05, 0) is 113 Å². The van der Waals surface area contributed by atoms with Gasteiger partial charge in [0.15, 0.2) is 5.17 Å². The van der Waals surface area contributed by atoms with Crippen molar-refractivity contribution in [3.05, 3.63) is 87.8 Å². The number of halogens is 1. The number of ether oxygens (including phenoxy) is 1. The molecule has 0 radical (unpaired) electrons. The molecular formula is C29H32FN3O2S. The van der Waals surface area contributed by atoms with Crippen molar-refractivity contribution in [1.29, 1.82) is 0 Å². The van der Waals surface area contributed by atoms with E-state index >= 15 is 0 Å². The largest absolute Gasteiger partial charge is 0.489 e. The van der Waals surface area contributed by atoms with Crippen LogP contribution in [0.4, 0.5) is 4.39 Å². The highest BCUT2D eigenvalue weighted by Crippen LogP contribution is 2.35. The van der Waals surface area contributed by atoms with Gasteiger partial charge in [0.2, 0.25) is 0 Å². The third-order valence-corrected chi connectivity index (χ3v) is 6.89. The maximum atomic E-state index is 13.2. The summed E-state index contributed by atoms with van der Waals surface area (Å²) in [5.41, 5.74) is 5.06. The Morgan fingerprint density at radius 3 is 2.31 bits per heavy atom. The molecule has 1 fully saturated rings. The van der Waals surface area contributed by atoms with E-state index in [1.807, 2.05) is 58.0 Å². The van der Waals surface area contributed by atoms with Crippen LogP contribution in [0.15, 0.2) is 64.5 Å². The fourth-order valence-corrected chi connectivity index (χ4v) is 5.39. The predicted octanol–water partition coefficient (Wildman–Crippen LogP) is 6.90. The van der Waals surface area contributed by atoms with E-state index in [0.717, 1.165) is 39.1 Å². The molecule has 2 heterocycles. The molecule has 0 bridgehead atoms. The summed E-state index contributed by atoms with van der Waals surface area (Å²) in [6.45, 7) is 12.6. The lowest BCUT2D eigenvalue weighted by molar-refractivity contribution is -0.123. The van der Waals surface area contributed by atoms with Gasteiger partial charge in [-0.15, -0.1) is 0 Å². The minimum absolute atomic E-state index is 0.00172. The number of aryl methyl sites for hydroxylation is 1. The van der Waals surface area contributed by atoms with E-state index < -0.39 is 0 Å². The molecule has 0 N–H and O–H groups in total. The van der Waals surface area contributed by atoms with Gasteiger partial charge in [-0.3, -0.25) is 14.7 Å². The first-order chi connectivity index (χ1) is 17.1. The molecule has 0 saturated carbocycles. The van der Waals surface area contributed by atoms with E-state index in [4.69, 9.17) is 4.74 Å². The second-order valence-electron chi connectivity index (χ2n) is 9.46. The number of hydrogen-bond acceptors (Lipinski definition) is 4. The van der Waals surface area contributed by atoms with E-state index in [0.29, 0.717) is 11.5 Å². The summed E-state index contributed by atoms with van der Waals surface area (Å²) < 4.78 is 21.1. The number of hydrogen-bond donors (Lipinski definition) is 0. The third kappa shape index (κ3) is 5.57. The van der Waals surface area contributed by atoms with Gasteiger partial charge in [-0.2, -0.15) is 0 Å². The molecule has 0 unspecified atom stereocenters. The van der Waals surface area contributed by atoms with E-state index in [-0.39, 0.29) is 23.8 Å². The molecule has 0 spiro atoms. The lowest BCUT2D eigenvalue weighted by Crippen LogP contribution is -2.35. The van der Waals surface area contributed by atoms with Crippen LogP contribution in [-0.2, 0) is 11.4 Å². The number of benzene rings is 2. The van der Waals surface area contributed by atoms with E-state index in [9.17, 15) is 9.18 Å². The van der Waals surface area contributed by atoms with Crippen molar-refractivity contribution in [2.75, 3.05) is 0 Å². The average Bonchev–Trinajstić information content (AvgIpc) is 3.28. The lowest BCUT2D eigenvalue weighted by atomic mass is 10.2. The van der Waals surface area contributed by atoms with Gasteiger partial charge in [0.1, 0.15) is 18.2 Å². The summed E-state index contributed by atoms with van der Waals surface area (Å²) in [7, 11) is 0. The second kappa shape index (κ2) is 10.7. The molecule has 36 heavy (non-hydrogen) atoms. The number of carbonyl (C=O) groups is 1. The summed E-state index contributed by atoms with van der Waals surface area (Å²) in [4.78, 5) is 20.3. The van der Waals surface area contributed by atoms with Gasteiger partial charge in [0.05, 0.1) is 4.91 Å². The van der Waals surface area contributed by atoms with Crippen LogP contribution in [-0.4, -0.2) is 32.6 Å².